The lowest BCUT2D eigenvalue weighted by molar-refractivity contribution is -0.187. The molecule has 0 bridgehead atoms. The van der Waals surface area contributed by atoms with Crippen molar-refractivity contribution in [2.75, 3.05) is 19.6 Å². The van der Waals surface area contributed by atoms with Gasteiger partial charge in [-0.3, -0.25) is 9.59 Å². The highest BCUT2D eigenvalue weighted by Crippen LogP contribution is 2.33. The van der Waals surface area contributed by atoms with E-state index in [2.05, 4.69) is 21.2 Å². The highest BCUT2D eigenvalue weighted by atomic mass is 79.9. The zero-order chi connectivity index (χ0) is 17.0. The second-order valence-corrected chi connectivity index (χ2v) is 6.24. The molecule has 0 radical (unpaired) electrons. The third-order valence-corrected chi connectivity index (χ3v) is 4.45. The van der Waals surface area contributed by atoms with Crippen molar-refractivity contribution < 1.29 is 22.8 Å². The predicted octanol–water partition coefficient (Wildman–Crippen LogP) is 2.98. The van der Waals surface area contributed by atoms with Gasteiger partial charge in [0.15, 0.2) is 0 Å². The topological polar surface area (TPSA) is 49.4 Å². The fourth-order valence-electron chi connectivity index (χ4n) is 2.48. The molecule has 1 aromatic carbocycles. The van der Waals surface area contributed by atoms with Gasteiger partial charge in [-0.25, -0.2) is 0 Å². The number of amides is 2. The van der Waals surface area contributed by atoms with Gasteiger partial charge in [0.2, 0.25) is 5.91 Å². The largest absolute Gasteiger partial charge is 0.393 e. The van der Waals surface area contributed by atoms with Gasteiger partial charge in [-0.2, -0.15) is 13.2 Å². The molecule has 2 rings (SSSR count). The normalized spacial score (nSPS) is 18.6. The third-order valence-electron chi connectivity index (χ3n) is 3.76. The maximum absolute atomic E-state index is 12.7. The van der Waals surface area contributed by atoms with Gasteiger partial charge in [-0.1, -0.05) is 12.1 Å². The summed E-state index contributed by atoms with van der Waals surface area (Å²) in [5, 5.41) is 2.45. The Labute approximate surface area is 140 Å². The number of nitrogens with zero attached hydrogens (tertiary/aromatic N) is 1. The number of halogens is 4. The molecular weight excluding hydrogens is 377 g/mol. The molecule has 1 aliphatic rings. The molecule has 0 spiro atoms. The van der Waals surface area contributed by atoms with Crippen molar-refractivity contribution in [3.8, 4) is 0 Å². The molecule has 1 atom stereocenters. The molecule has 0 aromatic heterocycles. The first-order valence-corrected chi connectivity index (χ1v) is 7.95. The van der Waals surface area contributed by atoms with Gasteiger partial charge in [0, 0.05) is 17.6 Å². The predicted molar refractivity (Wildman–Crippen MR) is 81.8 cm³/mol. The van der Waals surface area contributed by atoms with E-state index in [0.717, 1.165) is 0 Å². The minimum absolute atomic E-state index is 0.0383. The first-order valence-electron chi connectivity index (χ1n) is 7.16. The van der Waals surface area contributed by atoms with Crippen LogP contribution < -0.4 is 5.32 Å². The Morgan fingerprint density at radius 3 is 2.65 bits per heavy atom. The first-order chi connectivity index (χ1) is 10.8. The molecule has 1 N–H and O–H groups in total. The van der Waals surface area contributed by atoms with Gasteiger partial charge in [-0.05, 0) is 40.9 Å². The number of nitrogens with one attached hydrogen (secondary N) is 1. The van der Waals surface area contributed by atoms with Crippen LogP contribution >= 0.6 is 15.9 Å². The Hall–Kier alpha value is -1.57. The number of hydrogen-bond acceptors (Lipinski definition) is 2. The highest BCUT2D eigenvalue weighted by Gasteiger charge is 2.42. The summed E-state index contributed by atoms with van der Waals surface area (Å²) in [5.74, 6) is -2.44. The van der Waals surface area contributed by atoms with Crippen molar-refractivity contribution in [3.05, 3.63) is 34.3 Å². The number of rotatable bonds is 3. The summed E-state index contributed by atoms with van der Waals surface area (Å²) in [7, 11) is 0. The van der Waals surface area contributed by atoms with Crippen molar-refractivity contribution in [1.82, 2.24) is 10.2 Å². The summed E-state index contributed by atoms with van der Waals surface area (Å²) in [4.78, 5) is 25.2. The van der Waals surface area contributed by atoms with Crippen molar-refractivity contribution in [3.63, 3.8) is 0 Å². The van der Waals surface area contributed by atoms with Crippen LogP contribution in [0.3, 0.4) is 0 Å². The van der Waals surface area contributed by atoms with Crippen molar-refractivity contribution >= 4 is 27.7 Å². The van der Waals surface area contributed by atoms with Crippen LogP contribution in [0.5, 0.6) is 0 Å². The monoisotopic (exact) mass is 392 g/mol. The molecule has 1 aromatic rings. The summed E-state index contributed by atoms with van der Waals surface area (Å²) >= 11 is 3.23. The number of benzene rings is 1. The smallest absolute Gasteiger partial charge is 0.343 e. The number of alkyl halides is 3. The molecule has 23 heavy (non-hydrogen) atoms. The van der Waals surface area contributed by atoms with Crippen LogP contribution in [0.2, 0.25) is 0 Å². The zero-order valence-electron chi connectivity index (χ0n) is 12.2. The summed E-state index contributed by atoms with van der Waals surface area (Å²) in [5.41, 5.74) is 0.368. The van der Waals surface area contributed by atoms with E-state index < -0.39 is 23.9 Å². The van der Waals surface area contributed by atoms with Gasteiger partial charge < -0.3 is 10.2 Å². The van der Waals surface area contributed by atoms with Crippen LogP contribution in [-0.2, 0) is 4.79 Å². The molecule has 0 saturated carbocycles. The summed E-state index contributed by atoms with van der Waals surface area (Å²) < 4.78 is 38.8. The molecule has 2 amide bonds. The van der Waals surface area contributed by atoms with E-state index in [-0.39, 0.29) is 26.1 Å². The molecule has 8 heteroatoms. The van der Waals surface area contributed by atoms with Crippen LogP contribution in [0.1, 0.15) is 23.2 Å². The van der Waals surface area contributed by atoms with E-state index >= 15 is 0 Å². The second kappa shape index (κ2) is 7.33. The number of carbonyl (C=O) groups is 2. The summed E-state index contributed by atoms with van der Waals surface area (Å²) in [6.45, 7) is -0.367. The fraction of sp³-hybridized carbons (Fsp3) is 0.467. The molecule has 1 heterocycles. The molecular formula is C15H16BrF3N2O2. The van der Waals surface area contributed by atoms with Gasteiger partial charge in [0.1, 0.15) is 0 Å². The lowest BCUT2D eigenvalue weighted by Gasteiger charge is -2.33. The Kier molecular flexibility index (Phi) is 5.67. The molecule has 0 unspecified atom stereocenters. The fourth-order valence-corrected chi connectivity index (χ4v) is 2.94. The van der Waals surface area contributed by atoms with Gasteiger partial charge in [-0.15, -0.1) is 0 Å². The van der Waals surface area contributed by atoms with Gasteiger partial charge >= 0.3 is 6.18 Å². The quantitative estimate of drug-likeness (QED) is 0.859. The Balaban J connectivity index is 1.90. The van der Waals surface area contributed by atoms with Crippen molar-refractivity contribution in [1.29, 1.82) is 0 Å². The van der Waals surface area contributed by atoms with E-state index in [9.17, 15) is 22.8 Å². The van der Waals surface area contributed by atoms with Gasteiger partial charge in [0.05, 0.1) is 18.0 Å². The van der Waals surface area contributed by atoms with E-state index in [4.69, 9.17) is 0 Å². The molecule has 1 saturated heterocycles. The molecule has 126 valence electrons. The molecule has 0 aliphatic carbocycles. The number of piperidine rings is 1. The average molecular weight is 393 g/mol. The lowest BCUT2D eigenvalue weighted by atomic mass is 9.97. The number of hydrogen-bond donors (Lipinski definition) is 1. The lowest BCUT2D eigenvalue weighted by Crippen LogP contribution is -2.48. The van der Waals surface area contributed by atoms with Gasteiger partial charge in [0.25, 0.3) is 5.91 Å². The zero-order valence-corrected chi connectivity index (χ0v) is 13.8. The van der Waals surface area contributed by atoms with Crippen LogP contribution in [0.4, 0.5) is 13.2 Å². The number of carbonyl (C=O) groups excluding carboxylic acids is 2. The average Bonchev–Trinajstić information content (AvgIpc) is 2.52. The summed E-state index contributed by atoms with van der Waals surface area (Å²) in [6.07, 6.45) is -3.94. The Morgan fingerprint density at radius 2 is 2.00 bits per heavy atom. The molecule has 4 nitrogen and oxygen atoms in total. The van der Waals surface area contributed by atoms with Crippen LogP contribution in [0.15, 0.2) is 28.7 Å². The summed E-state index contributed by atoms with van der Waals surface area (Å²) in [6, 6.07) is 6.71. The van der Waals surface area contributed by atoms with Crippen LogP contribution in [0, 0.1) is 5.92 Å². The SMILES string of the molecule is O=C(NCC(=O)N1CCC[C@H](C(F)(F)F)C1)c1ccccc1Br. The standard InChI is InChI=1S/C15H16BrF3N2O2/c16-12-6-2-1-5-11(12)14(23)20-8-13(22)21-7-3-4-10(9-21)15(17,18)19/h1-2,5-6,10H,3-4,7-9H2,(H,20,23)/t10-/m0/s1. The highest BCUT2D eigenvalue weighted by molar-refractivity contribution is 9.10. The first kappa shape index (κ1) is 17.8. The number of likely N-dealkylation sites (tertiary alicyclic amines) is 1. The molecule has 1 aliphatic heterocycles. The van der Waals surface area contributed by atoms with Crippen LogP contribution in [0.25, 0.3) is 0 Å². The third kappa shape index (κ3) is 4.70. The van der Waals surface area contributed by atoms with E-state index in [1.807, 2.05) is 0 Å². The van der Waals surface area contributed by atoms with Crippen molar-refractivity contribution in [2.45, 2.75) is 19.0 Å². The minimum atomic E-state index is -4.29. The van der Waals surface area contributed by atoms with E-state index in [1.165, 1.54) is 4.90 Å². The maximum atomic E-state index is 12.7. The second-order valence-electron chi connectivity index (χ2n) is 5.38. The minimum Gasteiger partial charge on any atom is -0.343 e. The van der Waals surface area contributed by atoms with Crippen molar-refractivity contribution in [2.24, 2.45) is 5.92 Å². The molecule has 1 fully saturated rings. The maximum Gasteiger partial charge on any atom is 0.393 e. The Morgan fingerprint density at radius 1 is 1.30 bits per heavy atom. The van der Waals surface area contributed by atoms with E-state index in [0.29, 0.717) is 16.5 Å². The van der Waals surface area contributed by atoms with Crippen LogP contribution in [-0.4, -0.2) is 42.5 Å². The Bertz CT molecular complexity index is 592. The van der Waals surface area contributed by atoms with E-state index in [1.54, 1.807) is 24.3 Å².